The van der Waals surface area contributed by atoms with Crippen LogP contribution < -0.4 is 0 Å². The number of allylic oxidation sites excluding steroid dienone is 4. The second-order valence-corrected chi connectivity index (χ2v) is 24.2. The van der Waals surface area contributed by atoms with Crippen molar-refractivity contribution in [3.8, 4) is 0 Å². The molecule has 1 unspecified atom stereocenters. The van der Waals surface area contributed by atoms with Crippen LogP contribution in [0, 0.1) is 0 Å². The molecule has 0 saturated heterocycles. The highest BCUT2D eigenvalue weighted by molar-refractivity contribution is 5.71. The lowest BCUT2D eigenvalue weighted by atomic mass is 10.0. The maximum Gasteiger partial charge on any atom is 0.306 e. The topological polar surface area (TPSA) is 78.9 Å². The van der Waals surface area contributed by atoms with E-state index in [0.717, 1.165) is 64.2 Å². The van der Waals surface area contributed by atoms with Crippen molar-refractivity contribution in [1.29, 1.82) is 0 Å². The van der Waals surface area contributed by atoms with Gasteiger partial charge in [-0.2, -0.15) is 0 Å². The van der Waals surface area contributed by atoms with E-state index in [1.807, 2.05) is 0 Å². The van der Waals surface area contributed by atoms with Crippen molar-refractivity contribution < 1.29 is 28.6 Å². The van der Waals surface area contributed by atoms with Crippen LogP contribution in [0.1, 0.15) is 400 Å². The Labute approximate surface area is 487 Å². The molecule has 0 amide bonds. The van der Waals surface area contributed by atoms with E-state index in [0.29, 0.717) is 19.3 Å². The fraction of sp³-hybridized carbons (Fsp3) is 0.903. The molecule has 0 N–H and O–H groups in total. The van der Waals surface area contributed by atoms with Gasteiger partial charge >= 0.3 is 17.9 Å². The van der Waals surface area contributed by atoms with Crippen LogP contribution in [0.5, 0.6) is 0 Å². The highest BCUT2D eigenvalue weighted by Gasteiger charge is 2.19. The second-order valence-electron chi connectivity index (χ2n) is 24.2. The molecule has 0 saturated carbocycles. The molecule has 0 radical (unpaired) electrons. The van der Waals surface area contributed by atoms with Crippen molar-refractivity contribution in [3.63, 3.8) is 0 Å². The standard InChI is InChI=1S/C72H136O6/c1-4-7-10-13-16-19-22-25-28-31-34-35-36-39-41-44-47-50-53-56-59-62-65-71(74)77-68-69(78-72(75)66-63-60-57-54-51-48-45-42-38-33-30-27-24-21-18-15-12-9-6-3)67-76-70(73)64-61-58-55-52-49-46-43-40-37-32-29-26-23-20-17-14-11-8-5-2/h18,21,27,30,69H,4-17,19-20,22-26,28-29,31-68H2,1-3H3/b21-18-,30-27-. The number of ether oxygens (including phenoxy) is 3. The Kier molecular flexibility index (Phi) is 65.6. The van der Waals surface area contributed by atoms with Crippen LogP contribution in [0.15, 0.2) is 24.3 Å². The molecule has 0 aliphatic heterocycles. The quantitative estimate of drug-likeness (QED) is 0.0261. The molecule has 6 heteroatoms. The Balaban J connectivity index is 4.29. The van der Waals surface area contributed by atoms with Crippen LogP contribution in [-0.4, -0.2) is 37.2 Å². The van der Waals surface area contributed by atoms with Crippen LogP contribution in [-0.2, 0) is 28.6 Å². The summed E-state index contributed by atoms with van der Waals surface area (Å²) in [6.45, 7) is 6.71. The third kappa shape index (κ3) is 64.7. The molecule has 0 aromatic carbocycles. The Hall–Kier alpha value is -2.11. The first kappa shape index (κ1) is 75.9. The fourth-order valence-corrected chi connectivity index (χ4v) is 10.9. The number of rotatable bonds is 66. The van der Waals surface area contributed by atoms with Crippen LogP contribution in [0.2, 0.25) is 0 Å². The van der Waals surface area contributed by atoms with Crippen molar-refractivity contribution in [2.45, 2.75) is 406 Å². The molecule has 1 atom stereocenters. The lowest BCUT2D eigenvalue weighted by Gasteiger charge is -2.18. The average molecular weight is 1100 g/mol. The summed E-state index contributed by atoms with van der Waals surface area (Å²) in [4.78, 5) is 38.5. The zero-order chi connectivity index (χ0) is 56.4. The third-order valence-electron chi connectivity index (χ3n) is 16.2. The van der Waals surface area contributed by atoms with Crippen LogP contribution in [0.3, 0.4) is 0 Å². The first-order valence-corrected chi connectivity index (χ1v) is 35.3. The van der Waals surface area contributed by atoms with Crippen LogP contribution >= 0.6 is 0 Å². The van der Waals surface area contributed by atoms with E-state index >= 15 is 0 Å². The summed E-state index contributed by atoms with van der Waals surface area (Å²) in [6.07, 6.45) is 82.0. The molecule has 0 rings (SSSR count). The first-order chi connectivity index (χ1) is 38.5. The van der Waals surface area contributed by atoms with Gasteiger partial charge in [0, 0.05) is 19.3 Å². The van der Waals surface area contributed by atoms with Gasteiger partial charge in [0.25, 0.3) is 0 Å². The minimum Gasteiger partial charge on any atom is -0.462 e. The van der Waals surface area contributed by atoms with Gasteiger partial charge in [-0.1, -0.05) is 353 Å². The number of carbonyl (C=O) groups is 3. The third-order valence-corrected chi connectivity index (χ3v) is 16.2. The predicted molar refractivity (Wildman–Crippen MR) is 340 cm³/mol. The normalized spacial score (nSPS) is 12.1. The highest BCUT2D eigenvalue weighted by atomic mass is 16.6. The van der Waals surface area contributed by atoms with Gasteiger partial charge in [-0.15, -0.1) is 0 Å². The van der Waals surface area contributed by atoms with Crippen molar-refractivity contribution in [3.05, 3.63) is 24.3 Å². The summed E-state index contributed by atoms with van der Waals surface area (Å²) in [5.74, 6) is -0.835. The van der Waals surface area contributed by atoms with Crippen LogP contribution in [0.4, 0.5) is 0 Å². The number of hydrogen-bond donors (Lipinski definition) is 0. The van der Waals surface area contributed by atoms with E-state index < -0.39 is 6.10 Å². The fourth-order valence-electron chi connectivity index (χ4n) is 10.9. The van der Waals surface area contributed by atoms with Crippen molar-refractivity contribution in [2.75, 3.05) is 13.2 Å². The summed E-state index contributed by atoms with van der Waals surface area (Å²) in [5.41, 5.74) is 0. The lowest BCUT2D eigenvalue weighted by Crippen LogP contribution is -2.30. The van der Waals surface area contributed by atoms with Gasteiger partial charge in [-0.3, -0.25) is 14.4 Å². The Morgan fingerprint density at radius 3 is 0.731 bits per heavy atom. The van der Waals surface area contributed by atoms with Crippen molar-refractivity contribution in [1.82, 2.24) is 0 Å². The Morgan fingerprint density at radius 2 is 0.462 bits per heavy atom. The van der Waals surface area contributed by atoms with Gasteiger partial charge in [0.15, 0.2) is 6.10 Å². The largest absolute Gasteiger partial charge is 0.462 e. The zero-order valence-corrected chi connectivity index (χ0v) is 53.0. The number of carbonyl (C=O) groups excluding carboxylic acids is 3. The maximum atomic E-state index is 13.0. The summed E-state index contributed by atoms with van der Waals surface area (Å²) in [5, 5.41) is 0. The first-order valence-electron chi connectivity index (χ1n) is 35.3. The van der Waals surface area contributed by atoms with Gasteiger partial charge in [0.2, 0.25) is 0 Å². The molecule has 460 valence electrons. The molecule has 0 spiro atoms. The minimum absolute atomic E-state index is 0.0662. The SMILES string of the molecule is CCCCC/C=C\C/C=C\CCCCCCCCCCCC(=O)OC(COC(=O)CCCCCCCCCCCCCCCCCCCCC)COC(=O)CCCCCCCCCCCCCCCCCCCCCCCC. The molecule has 78 heavy (non-hydrogen) atoms. The average Bonchev–Trinajstić information content (AvgIpc) is 3.44. The summed E-state index contributed by atoms with van der Waals surface area (Å²) in [7, 11) is 0. The van der Waals surface area contributed by atoms with E-state index in [-0.39, 0.29) is 31.1 Å². The van der Waals surface area contributed by atoms with E-state index in [9.17, 15) is 14.4 Å². The smallest absolute Gasteiger partial charge is 0.306 e. The molecule has 0 aliphatic rings. The summed E-state index contributed by atoms with van der Waals surface area (Å²) < 4.78 is 17.0. The Bertz CT molecular complexity index is 1260. The molecular formula is C72H136O6. The van der Waals surface area contributed by atoms with E-state index in [4.69, 9.17) is 14.2 Å². The highest BCUT2D eigenvalue weighted by Crippen LogP contribution is 2.19. The molecule has 0 aliphatic carbocycles. The molecular weight excluding hydrogens is 961 g/mol. The summed E-state index contributed by atoms with van der Waals surface area (Å²) in [6, 6.07) is 0. The Morgan fingerprint density at radius 1 is 0.256 bits per heavy atom. The van der Waals surface area contributed by atoms with E-state index in [1.165, 1.54) is 295 Å². The number of unbranched alkanes of at least 4 members (excludes halogenated alkanes) is 51. The maximum absolute atomic E-state index is 13.0. The van der Waals surface area contributed by atoms with Crippen LogP contribution in [0.25, 0.3) is 0 Å². The summed E-state index contributed by atoms with van der Waals surface area (Å²) >= 11 is 0. The monoisotopic (exact) mass is 1100 g/mol. The van der Waals surface area contributed by atoms with Gasteiger partial charge in [0.05, 0.1) is 0 Å². The van der Waals surface area contributed by atoms with Gasteiger partial charge < -0.3 is 14.2 Å². The molecule has 0 fully saturated rings. The predicted octanol–water partition coefficient (Wildman–Crippen LogP) is 24.2. The van der Waals surface area contributed by atoms with Gasteiger partial charge in [-0.05, 0) is 51.4 Å². The lowest BCUT2D eigenvalue weighted by molar-refractivity contribution is -0.167. The van der Waals surface area contributed by atoms with Gasteiger partial charge in [-0.25, -0.2) is 0 Å². The van der Waals surface area contributed by atoms with E-state index in [2.05, 4.69) is 45.1 Å². The van der Waals surface area contributed by atoms with Crippen molar-refractivity contribution in [2.24, 2.45) is 0 Å². The minimum atomic E-state index is -0.771. The molecule has 0 aromatic heterocycles. The number of esters is 3. The van der Waals surface area contributed by atoms with E-state index in [1.54, 1.807) is 0 Å². The molecule has 0 aromatic rings. The zero-order valence-electron chi connectivity index (χ0n) is 53.0. The molecule has 0 bridgehead atoms. The number of hydrogen-bond acceptors (Lipinski definition) is 6. The molecule has 6 nitrogen and oxygen atoms in total. The molecule has 0 heterocycles. The van der Waals surface area contributed by atoms with Crippen molar-refractivity contribution >= 4 is 17.9 Å². The second kappa shape index (κ2) is 67.4. The van der Waals surface area contributed by atoms with Gasteiger partial charge in [0.1, 0.15) is 13.2 Å².